The van der Waals surface area contributed by atoms with Crippen LogP contribution < -0.4 is 18.9 Å². The van der Waals surface area contributed by atoms with Crippen LogP contribution in [0.2, 0.25) is 0 Å². The van der Waals surface area contributed by atoms with Crippen molar-refractivity contribution in [1.29, 1.82) is 0 Å². The highest BCUT2D eigenvalue weighted by molar-refractivity contribution is 6.03. The van der Waals surface area contributed by atoms with Crippen molar-refractivity contribution in [1.82, 2.24) is 0 Å². The lowest BCUT2D eigenvalue weighted by molar-refractivity contribution is -0.276. The zero-order chi connectivity index (χ0) is 32.6. The van der Waals surface area contributed by atoms with Gasteiger partial charge in [-0.25, -0.2) is 4.79 Å². The first-order valence-electron chi connectivity index (χ1n) is 13.5. The lowest BCUT2D eigenvalue weighted by Gasteiger charge is -2.41. The van der Waals surface area contributed by atoms with Gasteiger partial charge in [-0.2, -0.15) is 0 Å². The van der Waals surface area contributed by atoms with E-state index in [-0.39, 0.29) is 57.6 Å². The molecule has 1 fully saturated rings. The molecule has 2 aliphatic heterocycles. The molecule has 2 aliphatic rings. The normalized spacial score (nSPS) is 24.2. The van der Waals surface area contributed by atoms with Crippen molar-refractivity contribution in [3.05, 3.63) is 59.2 Å². The van der Waals surface area contributed by atoms with Crippen molar-refractivity contribution in [3.8, 4) is 46.0 Å². The molecule has 15 nitrogen and oxygen atoms in total. The van der Waals surface area contributed by atoms with Crippen molar-refractivity contribution >= 4 is 11.8 Å². The number of ketones is 1. The first-order valence-corrected chi connectivity index (χ1v) is 13.5. The minimum absolute atomic E-state index is 0.0320. The zero-order valence-electron chi connectivity index (χ0n) is 23.8. The van der Waals surface area contributed by atoms with Crippen LogP contribution in [-0.4, -0.2) is 99.0 Å². The van der Waals surface area contributed by atoms with Crippen molar-refractivity contribution in [2.45, 2.75) is 43.2 Å². The van der Waals surface area contributed by atoms with Crippen LogP contribution in [0.25, 0.3) is 0 Å². The Hall–Kier alpha value is -4.96. The number of aliphatic hydroxyl groups is 3. The molecule has 2 heterocycles. The number of fused-ring (bicyclic) bond motifs is 1. The first kappa shape index (κ1) is 31.5. The van der Waals surface area contributed by atoms with Crippen molar-refractivity contribution < 1.29 is 73.8 Å². The third-order valence-electron chi connectivity index (χ3n) is 7.39. The number of phenols is 4. The summed E-state index contributed by atoms with van der Waals surface area (Å²) in [6.45, 7) is -0.746. The molecule has 3 aromatic rings. The number of phenolic OH excluding ortho intramolecular Hbond substituents is 4. The smallest absolute Gasteiger partial charge is 0.338 e. The van der Waals surface area contributed by atoms with Gasteiger partial charge in [-0.15, -0.1) is 0 Å². The molecule has 0 radical (unpaired) electrons. The maximum Gasteiger partial charge on any atom is 0.338 e. The molecule has 1 unspecified atom stereocenters. The first-order chi connectivity index (χ1) is 21.5. The number of methoxy groups -OCH3 is 2. The summed E-state index contributed by atoms with van der Waals surface area (Å²) in [6, 6.07) is 8.45. The number of hydrogen-bond acceptors (Lipinski definition) is 15. The molecule has 7 N–H and O–H groups in total. The summed E-state index contributed by atoms with van der Waals surface area (Å²) >= 11 is 0. The summed E-state index contributed by atoms with van der Waals surface area (Å²) in [5.41, 5.74) is -0.225. The molecule has 3 aromatic carbocycles. The number of aliphatic hydroxyl groups excluding tert-OH is 3. The van der Waals surface area contributed by atoms with Crippen LogP contribution in [0, 0.1) is 0 Å². The van der Waals surface area contributed by atoms with E-state index in [0.29, 0.717) is 0 Å². The maximum absolute atomic E-state index is 13.1. The van der Waals surface area contributed by atoms with E-state index in [0.717, 1.165) is 6.07 Å². The highest BCUT2D eigenvalue weighted by Gasteiger charge is 2.48. The largest absolute Gasteiger partial charge is 0.508 e. The van der Waals surface area contributed by atoms with Gasteiger partial charge < -0.3 is 64.2 Å². The van der Waals surface area contributed by atoms with Gasteiger partial charge in [0, 0.05) is 11.6 Å². The Kier molecular flexibility index (Phi) is 8.79. The average Bonchev–Trinajstić information content (AvgIpc) is 3.01. The quantitative estimate of drug-likeness (QED) is 0.174. The topological polar surface area (TPSA) is 231 Å². The summed E-state index contributed by atoms with van der Waals surface area (Å²) < 4.78 is 33.0. The Morgan fingerprint density at radius 2 is 1.69 bits per heavy atom. The Morgan fingerprint density at radius 1 is 0.933 bits per heavy atom. The third-order valence-corrected chi connectivity index (χ3v) is 7.39. The number of esters is 1. The minimum Gasteiger partial charge on any atom is -0.508 e. The van der Waals surface area contributed by atoms with Crippen LogP contribution in [0.3, 0.4) is 0 Å². The molecule has 0 bridgehead atoms. The number of carbonyl (C=O) groups excluding carboxylic acids is 2. The molecule has 0 amide bonds. The molecule has 5 rings (SSSR count). The highest BCUT2D eigenvalue weighted by atomic mass is 16.7. The van der Waals surface area contributed by atoms with Crippen LogP contribution in [-0.2, 0) is 9.47 Å². The summed E-state index contributed by atoms with van der Waals surface area (Å²) in [4.78, 5) is 26.2. The third kappa shape index (κ3) is 5.93. The van der Waals surface area contributed by atoms with Crippen LogP contribution in [0.4, 0.5) is 0 Å². The molecule has 1 saturated heterocycles. The second-order valence-electron chi connectivity index (χ2n) is 10.2. The van der Waals surface area contributed by atoms with Crippen molar-refractivity contribution in [2.24, 2.45) is 0 Å². The van der Waals surface area contributed by atoms with Gasteiger partial charge in [0.1, 0.15) is 47.2 Å². The molecular formula is C30H30O15. The molecule has 6 atom stereocenters. The molecule has 240 valence electrons. The summed E-state index contributed by atoms with van der Waals surface area (Å²) in [5, 5.41) is 72.0. The molecule has 45 heavy (non-hydrogen) atoms. The number of ether oxygens (including phenoxy) is 6. The van der Waals surface area contributed by atoms with Gasteiger partial charge in [0.05, 0.1) is 32.8 Å². The second-order valence-corrected chi connectivity index (χ2v) is 10.2. The Bertz CT molecular complexity index is 1600. The molecule has 15 heteroatoms. The fraction of sp³-hybridized carbons (Fsp3) is 0.333. The highest BCUT2D eigenvalue weighted by Crippen LogP contribution is 2.49. The molecule has 0 spiro atoms. The summed E-state index contributed by atoms with van der Waals surface area (Å²) in [5.74, 6) is -3.80. The van der Waals surface area contributed by atoms with Gasteiger partial charge >= 0.3 is 5.97 Å². The number of rotatable bonds is 8. The molecule has 0 aromatic heterocycles. The van der Waals surface area contributed by atoms with Gasteiger partial charge in [-0.1, -0.05) is 0 Å². The lowest BCUT2D eigenvalue weighted by Crippen LogP contribution is -2.61. The van der Waals surface area contributed by atoms with Gasteiger partial charge in [0.2, 0.25) is 12.0 Å². The Labute approximate surface area is 254 Å². The number of hydrogen-bond donors (Lipinski definition) is 7. The summed E-state index contributed by atoms with van der Waals surface area (Å²) in [6.07, 6.45) is -9.73. The maximum atomic E-state index is 13.1. The van der Waals surface area contributed by atoms with E-state index in [2.05, 4.69) is 0 Å². The van der Waals surface area contributed by atoms with E-state index in [1.807, 2.05) is 0 Å². The fourth-order valence-electron chi connectivity index (χ4n) is 5.11. The van der Waals surface area contributed by atoms with Gasteiger partial charge in [0.15, 0.2) is 34.9 Å². The zero-order valence-corrected chi connectivity index (χ0v) is 23.8. The number of benzene rings is 3. The standard InChI is InChI=1S/C30H30O15/c1-40-20-7-12(3-5-15(20)33)29(39)45-28-26(38)24(36)22(11-31)44-30(28)43-18-6-4-13(32)8-14(18)19-9-16(34)23-21(42-19)10-17(35)27(41-2)25(23)37/h3-8,10,19,22,24,26,28,30-33,35-38H,9,11H2,1-2H3/t19?,22-,24-,26+,28-,30-/m1/s1. The fourth-order valence-corrected chi connectivity index (χ4v) is 5.11. The number of carbonyl (C=O) groups is 2. The predicted molar refractivity (Wildman–Crippen MR) is 149 cm³/mol. The molecule has 0 saturated carbocycles. The van der Waals surface area contributed by atoms with E-state index < -0.39 is 66.7 Å². The van der Waals surface area contributed by atoms with Crippen LogP contribution >= 0.6 is 0 Å². The predicted octanol–water partition coefficient (Wildman–Crippen LogP) is 1.28. The summed E-state index contributed by atoms with van der Waals surface area (Å²) in [7, 11) is 2.48. The van der Waals surface area contributed by atoms with Crippen molar-refractivity contribution in [2.75, 3.05) is 20.8 Å². The Morgan fingerprint density at radius 3 is 2.38 bits per heavy atom. The van der Waals surface area contributed by atoms with E-state index in [9.17, 15) is 45.3 Å². The number of aromatic hydroxyl groups is 4. The average molecular weight is 631 g/mol. The molecule has 0 aliphatic carbocycles. The van der Waals surface area contributed by atoms with Gasteiger partial charge in [-0.3, -0.25) is 4.79 Å². The lowest BCUT2D eigenvalue weighted by atomic mass is 9.94. The SMILES string of the molecule is COc1cc(C(=O)O[C@H]2[C@H](Oc3ccc(O)cc3C3CC(=O)c4c(cc(O)c(OC)c4O)O3)O[C@H](CO)[C@@H](O)[C@@H]2O)ccc1O. The van der Waals surface area contributed by atoms with Gasteiger partial charge in [-0.05, 0) is 36.4 Å². The van der Waals surface area contributed by atoms with E-state index >= 15 is 0 Å². The minimum atomic E-state index is -1.82. The van der Waals surface area contributed by atoms with E-state index in [1.165, 1.54) is 50.6 Å². The monoisotopic (exact) mass is 630 g/mol. The van der Waals surface area contributed by atoms with Crippen LogP contribution in [0.1, 0.15) is 38.8 Å². The number of Topliss-reactive ketones (excluding diaryl/α,β-unsaturated/α-hetero) is 1. The van der Waals surface area contributed by atoms with Gasteiger partial charge in [0.25, 0.3) is 0 Å². The van der Waals surface area contributed by atoms with E-state index in [4.69, 9.17) is 28.4 Å². The van der Waals surface area contributed by atoms with Crippen molar-refractivity contribution in [3.63, 3.8) is 0 Å². The van der Waals surface area contributed by atoms with Crippen LogP contribution in [0.5, 0.6) is 46.0 Å². The Balaban J connectivity index is 1.47. The van der Waals surface area contributed by atoms with E-state index in [1.54, 1.807) is 0 Å². The molecular weight excluding hydrogens is 600 g/mol. The van der Waals surface area contributed by atoms with Crippen LogP contribution in [0.15, 0.2) is 42.5 Å². The second kappa shape index (κ2) is 12.6.